The highest BCUT2D eigenvalue weighted by Gasteiger charge is 1.92. The summed E-state index contributed by atoms with van der Waals surface area (Å²) in [5, 5.41) is 1.38. The zero-order chi connectivity index (χ0) is 11.4. The minimum Gasteiger partial charge on any atom is -0.256 e. The first kappa shape index (κ1) is 11.2. The molecule has 2 aromatic rings. The molecule has 0 aliphatic rings. The van der Waals surface area contributed by atoms with Gasteiger partial charge in [0.05, 0.1) is 5.69 Å². The van der Waals surface area contributed by atoms with E-state index in [0.29, 0.717) is 10.0 Å². The van der Waals surface area contributed by atoms with Gasteiger partial charge in [-0.2, -0.15) is 0 Å². The number of halogens is 2. The third-order valence-corrected chi connectivity index (χ3v) is 2.49. The lowest BCUT2D eigenvalue weighted by Gasteiger charge is -1.95. The van der Waals surface area contributed by atoms with Gasteiger partial charge in [-0.05, 0) is 35.9 Å². The quantitative estimate of drug-likeness (QED) is 0.682. The largest absolute Gasteiger partial charge is 0.256 e. The molecule has 0 amide bonds. The molecule has 2 aromatic carbocycles. The van der Waals surface area contributed by atoms with Crippen LogP contribution in [0.1, 0.15) is 5.56 Å². The van der Waals surface area contributed by atoms with Crippen LogP contribution in [0.5, 0.6) is 0 Å². The van der Waals surface area contributed by atoms with Crippen molar-refractivity contribution in [1.82, 2.24) is 0 Å². The maximum Gasteiger partial charge on any atom is 0.0644 e. The van der Waals surface area contributed by atoms with Gasteiger partial charge in [-0.25, -0.2) is 0 Å². The standard InChI is InChI=1S/C13H9Cl2N/c14-11-4-1-3-10(7-11)9-16-13-6-2-5-12(15)8-13/h1-9H/b16-9+. The molecular formula is C13H9Cl2N. The predicted octanol–water partition coefficient (Wildman–Crippen LogP) is 4.74. The zero-order valence-corrected chi connectivity index (χ0v) is 9.91. The van der Waals surface area contributed by atoms with Crippen LogP contribution in [0.25, 0.3) is 0 Å². The number of hydrogen-bond donors (Lipinski definition) is 0. The van der Waals surface area contributed by atoms with Gasteiger partial charge >= 0.3 is 0 Å². The highest BCUT2D eigenvalue weighted by atomic mass is 35.5. The van der Waals surface area contributed by atoms with Gasteiger partial charge in [-0.15, -0.1) is 0 Å². The Bertz CT molecular complexity index is 473. The van der Waals surface area contributed by atoms with E-state index >= 15 is 0 Å². The Morgan fingerprint density at radius 1 is 0.875 bits per heavy atom. The molecule has 80 valence electrons. The maximum atomic E-state index is 5.87. The second-order valence-electron chi connectivity index (χ2n) is 3.29. The Balaban J connectivity index is 2.21. The summed E-state index contributed by atoms with van der Waals surface area (Å²) >= 11 is 11.7. The first-order valence-corrected chi connectivity index (χ1v) is 5.55. The van der Waals surface area contributed by atoms with Crippen molar-refractivity contribution in [3.05, 3.63) is 64.1 Å². The second-order valence-corrected chi connectivity index (χ2v) is 4.17. The van der Waals surface area contributed by atoms with Crippen LogP contribution < -0.4 is 0 Å². The SMILES string of the molecule is Clc1cccc(/C=N/c2cccc(Cl)c2)c1. The van der Waals surface area contributed by atoms with E-state index in [1.54, 1.807) is 6.21 Å². The van der Waals surface area contributed by atoms with E-state index in [4.69, 9.17) is 23.2 Å². The van der Waals surface area contributed by atoms with Crippen LogP contribution in [-0.4, -0.2) is 6.21 Å². The third kappa shape index (κ3) is 3.09. The van der Waals surface area contributed by atoms with E-state index in [-0.39, 0.29) is 0 Å². The van der Waals surface area contributed by atoms with E-state index in [2.05, 4.69) is 4.99 Å². The number of rotatable bonds is 2. The van der Waals surface area contributed by atoms with Crippen LogP contribution >= 0.6 is 23.2 Å². The molecule has 0 aliphatic carbocycles. The van der Waals surface area contributed by atoms with Gasteiger partial charge in [-0.3, -0.25) is 4.99 Å². The molecule has 1 nitrogen and oxygen atoms in total. The average molecular weight is 250 g/mol. The minimum absolute atomic E-state index is 0.681. The van der Waals surface area contributed by atoms with Crippen LogP contribution in [-0.2, 0) is 0 Å². The molecule has 0 atom stereocenters. The van der Waals surface area contributed by atoms with Gasteiger partial charge in [0.15, 0.2) is 0 Å². The van der Waals surface area contributed by atoms with Crippen LogP contribution in [0.2, 0.25) is 10.0 Å². The molecular weight excluding hydrogens is 241 g/mol. The Kier molecular flexibility index (Phi) is 3.60. The predicted molar refractivity (Wildman–Crippen MR) is 70.2 cm³/mol. The molecule has 0 radical (unpaired) electrons. The molecule has 0 heterocycles. The monoisotopic (exact) mass is 249 g/mol. The summed E-state index contributed by atoms with van der Waals surface area (Å²) in [4.78, 5) is 4.31. The highest BCUT2D eigenvalue weighted by Crippen LogP contribution is 2.18. The number of benzene rings is 2. The minimum atomic E-state index is 0.681. The van der Waals surface area contributed by atoms with E-state index in [9.17, 15) is 0 Å². The normalized spacial score (nSPS) is 10.9. The molecule has 16 heavy (non-hydrogen) atoms. The van der Waals surface area contributed by atoms with Crippen LogP contribution in [0, 0.1) is 0 Å². The Hall–Kier alpha value is -1.31. The van der Waals surface area contributed by atoms with Gasteiger partial charge in [0.1, 0.15) is 0 Å². The van der Waals surface area contributed by atoms with Crippen molar-refractivity contribution < 1.29 is 0 Å². The number of hydrogen-bond acceptors (Lipinski definition) is 1. The molecule has 0 aromatic heterocycles. The fourth-order valence-corrected chi connectivity index (χ4v) is 1.68. The van der Waals surface area contributed by atoms with Crippen molar-refractivity contribution in [3.8, 4) is 0 Å². The number of nitrogens with zero attached hydrogens (tertiary/aromatic N) is 1. The molecule has 2 rings (SSSR count). The summed E-state index contributed by atoms with van der Waals surface area (Å²) in [6.07, 6.45) is 1.76. The molecule has 0 saturated heterocycles. The number of aliphatic imine (C=N–C) groups is 1. The Morgan fingerprint density at radius 3 is 2.25 bits per heavy atom. The smallest absolute Gasteiger partial charge is 0.0644 e. The van der Waals surface area contributed by atoms with Gasteiger partial charge in [0, 0.05) is 16.3 Å². The van der Waals surface area contributed by atoms with Crippen molar-refractivity contribution in [2.45, 2.75) is 0 Å². The topological polar surface area (TPSA) is 12.4 Å². The molecule has 0 aliphatic heterocycles. The molecule has 0 saturated carbocycles. The lowest BCUT2D eigenvalue weighted by atomic mass is 10.2. The van der Waals surface area contributed by atoms with Gasteiger partial charge in [0.25, 0.3) is 0 Å². The van der Waals surface area contributed by atoms with Crippen LogP contribution in [0.15, 0.2) is 53.5 Å². The Labute approximate surface area is 104 Å². The zero-order valence-electron chi connectivity index (χ0n) is 8.40. The summed E-state index contributed by atoms with van der Waals surface area (Å²) in [7, 11) is 0. The van der Waals surface area contributed by atoms with E-state index in [0.717, 1.165) is 11.3 Å². The molecule has 3 heteroatoms. The van der Waals surface area contributed by atoms with Gasteiger partial charge in [0.2, 0.25) is 0 Å². The molecule has 0 N–H and O–H groups in total. The summed E-state index contributed by atoms with van der Waals surface area (Å²) < 4.78 is 0. The summed E-state index contributed by atoms with van der Waals surface area (Å²) in [5.41, 5.74) is 1.79. The van der Waals surface area contributed by atoms with Crippen molar-refractivity contribution in [2.24, 2.45) is 4.99 Å². The summed E-state index contributed by atoms with van der Waals surface area (Å²) in [6, 6.07) is 14.9. The molecule has 0 bridgehead atoms. The van der Waals surface area contributed by atoms with E-state index in [1.165, 1.54) is 0 Å². The van der Waals surface area contributed by atoms with E-state index in [1.807, 2.05) is 48.5 Å². The average Bonchev–Trinajstić information content (AvgIpc) is 2.27. The summed E-state index contributed by atoms with van der Waals surface area (Å²) in [5.74, 6) is 0. The van der Waals surface area contributed by atoms with Gasteiger partial charge < -0.3 is 0 Å². The first-order valence-electron chi connectivity index (χ1n) is 4.79. The maximum absolute atomic E-state index is 5.87. The van der Waals surface area contributed by atoms with Crippen molar-refractivity contribution in [1.29, 1.82) is 0 Å². The second kappa shape index (κ2) is 5.15. The van der Waals surface area contributed by atoms with Crippen molar-refractivity contribution in [3.63, 3.8) is 0 Å². The lowest BCUT2D eigenvalue weighted by molar-refractivity contribution is 1.52. The molecule has 0 spiro atoms. The fourth-order valence-electron chi connectivity index (χ4n) is 1.29. The first-order chi connectivity index (χ1) is 7.74. The van der Waals surface area contributed by atoms with E-state index < -0.39 is 0 Å². The summed E-state index contributed by atoms with van der Waals surface area (Å²) in [6.45, 7) is 0. The fraction of sp³-hybridized carbons (Fsp3) is 0. The lowest BCUT2D eigenvalue weighted by Crippen LogP contribution is -1.79. The van der Waals surface area contributed by atoms with Crippen LogP contribution in [0.3, 0.4) is 0 Å². The van der Waals surface area contributed by atoms with Crippen LogP contribution in [0.4, 0.5) is 5.69 Å². The van der Waals surface area contributed by atoms with Gasteiger partial charge in [-0.1, -0.05) is 41.4 Å². The van der Waals surface area contributed by atoms with Crippen molar-refractivity contribution in [2.75, 3.05) is 0 Å². The highest BCUT2D eigenvalue weighted by molar-refractivity contribution is 6.31. The molecule has 0 unspecified atom stereocenters. The van der Waals surface area contributed by atoms with Crippen molar-refractivity contribution >= 4 is 35.1 Å². The third-order valence-electron chi connectivity index (χ3n) is 2.02. The molecule has 0 fully saturated rings. The Morgan fingerprint density at radius 2 is 1.56 bits per heavy atom.